The Hall–Kier alpha value is -1.85. The van der Waals surface area contributed by atoms with E-state index in [2.05, 4.69) is 9.97 Å². The van der Waals surface area contributed by atoms with E-state index in [1.54, 1.807) is 18.6 Å². The Balaban J connectivity index is 1.67. The minimum Gasteiger partial charge on any atom is -0.473 e. The maximum Gasteiger partial charge on any atom is 0.410 e. The van der Waals surface area contributed by atoms with Crippen LogP contribution < -0.4 is 4.74 Å². The zero-order valence-corrected chi connectivity index (χ0v) is 14.1. The Kier molecular flexibility index (Phi) is 4.41. The van der Waals surface area contributed by atoms with Gasteiger partial charge in [-0.25, -0.2) is 9.78 Å². The number of aromatic nitrogens is 2. The lowest BCUT2D eigenvalue weighted by atomic mass is 9.75. The second kappa shape index (κ2) is 6.34. The molecule has 1 aromatic rings. The van der Waals surface area contributed by atoms with Crippen molar-refractivity contribution in [1.82, 2.24) is 14.9 Å². The molecule has 2 heterocycles. The third-order valence-corrected chi connectivity index (χ3v) is 4.44. The Morgan fingerprint density at radius 3 is 2.48 bits per heavy atom. The lowest BCUT2D eigenvalue weighted by Crippen LogP contribution is -2.56. The molecule has 6 heteroatoms. The predicted molar refractivity (Wildman–Crippen MR) is 85.1 cm³/mol. The van der Waals surface area contributed by atoms with Crippen LogP contribution in [-0.2, 0) is 4.74 Å². The van der Waals surface area contributed by atoms with Gasteiger partial charge in [0.1, 0.15) is 11.7 Å². The molecule has 0 aromatic carbocycles. The topological polar surface area (TPSA) is 64.5 Å². The van der Waals surface area contributed by atoms with Crippen LogP contribution in [0.3, 0.4) is 0 Å². The van der Waals surface area contributed by atoms with Gasteiger partial charge in [0.2, 0.25) is 5.88 Å². The standard InChI is InChI=1S/C17H25N3O3/c1-17(2,3)23-16(21)20-10-12-5-4-6-13(11-20)15(12)22-14-9-18-7-8-19-14/h7-9,12-13,15H,4-6,10-11H2,1-3H3/t12-,13+,15?. The van der Waals surface area contributed by atoms with Crippen LogP contribution in [0.15, 0.2) is 18.6 Å². The first kappa shape index (κ1) is 16.0. The van der Waals surface area contributed by atoms with Crippen LogP contribution in [-0.4, -0.2) is 45.8 Å². The molecule has 2 fully saturated rings. The summed E-state index contributed by atoms with van der Waals surface area (Å²) in [6, 6.07) is 0. The fourth-order valence-electron chi connectivity index (χ4n) is 3.54. The van der Waals surface area contributed by atoms with Crippen LogP contribution in [0.2, 0.25) is 0 Å². The number of nitrogens with zero attached hydrogens (tertiary/aromatic N) is 3. The molecule has 0 N–H and O–H groups in total. The predicted octanol–water partition coefficient (Wildman–Crippen LogP) is 2.89. The molecule has 2 aliphatic rings. The van der Waals surface area contributed by atoms with Gasteiger partial charge in [-0.3, -0.25) is 4.98 Å². The van der Waals surface area contributed by atoms with E-state index >= 15 is 0 Å². The second-order valence-corrected chi connectivity index (χ2v) is 7.46. The highest BCUT2D eigenvalue weighted by atomic mass is 16.6. The number of hydrogen-bond acceptors (Lipinski definition) is 5. The number of piperidine rings is 1. The zero-order valence-electron chi connectivity index (χ0n) is 14.1. The van der Waals surface area contributed by atoms with Crippen molar-refractivity contribution in [2.24, 2.45) is 11.8 Å². The summed E-state index contributed by atoms with van der Waals surface area (Å²) in [7, 11) is 0. The van der Waals surface area contributed by atoms with Crippen molar-refractivity contribution in [2.75, 3.05) is 13.1 Å². The molecule has 3 rings (SSSR count). The highest BCUT2D eigenvalue weighted by Gasteiger charge is 2.43. The van der Waals surface area contributed by atoms with Gasteiger partial charge in [-0.15, -0.1) is 0 Å². The van der Waals surface area contributed by atoms with Crippen LogP contribution in [0.5, 0.6) is 5.88 Å². The molecule has 23 heavy (non-hydrogen) atoms. The first-order chi connectivity index (χ1) is 10.9. The molecule has 3 atom stereocenters. The average Bonchev–Trinajstić information content (AvgIpc) is 2.46. The molecule has 1 aliphatic carbocycles. The number of hydrogen-bond donors (Lipinski definition) is 0. The number of ether oxygens (including phenoxy) is 2. The highest BCUT2D eigenvalue weighted by Crippen LogP contribution is 2.37. The Morgan fingerprint density at radius 2 is 1.91 bits per heavy atom. The van der Waals surface area contributed by atoms with Crippen LogP contribution in [0.25, 0.3) is 0 Å². The van der Waals surface area contributed by atoms with Gasteiger partial charge in [-0.2, -0.15) is 0 Å². The van der Waals surface area contributed by atoms with Crippen molar-refractivity contribution in [3.05, 3.63) is 18.6 Å². The fourth-order valence-corrected chi connectivity index (χ4v) is 3.54. The molecule has 0 spiro atoms. The van der Waals surface area contributed by atoms with Crippen molar-refractivity contribution >= 4 is 6.09 Å². The Bertz CT molecular complexity index is 530. The summed E-state index contributed by atoms with van der Waals surface area (Å²) in [5, 5.41) is 0. The fraction of sp³-hybridized carbons (Fsp3) is 0.706. The summed E-state index contributed by atoms with van der Waals surface area (Å²) in [5.41, 5.74) is -0.459. The zero-order chi connectivity index (χ0) is 16.4. The van der Waals surface area contributed by atoms with E-state index in [4.69, 9.17) is 9.47 Å². The highest BCUT2D eigenvalue weighted by molar-refractivity contribution is 5.68. The van der Waals surface area contributed by atoms with Gasteiger partial charge in [0.05, 0.1) is 6.20 Å². The van der Waals surface area contributed by atoms with Gasteiger partial charge >= 0.3 is 6.09 Å². The third-order valence-electron chi connectivity index (χ3n) is 4.44. The van der Waals surface area contributed by atoms with E-state index < -0.39 is 5.60 Å². The Morgan fingerprint density at radius 1 is 1.22 bits per heavy atom. The molecule has 1 aromatic heterocycles. The molecule has 1 unspecified atom stereocenters. The van der Waals surface area contributed by atoms with Gasteiger partial charge in [0, 0.05) is 37.3 Å². The van der Waals surface area contributed by atoms with Crippen molar-refractivity contribution in [3.8, 4) is 5.88 Å². The molecule has 0 radical (unpaired) electrons. The second-order valence-electron chi connectivity index (χ2n) is 7.46. The average molecular weight is 319 g/mol. The number of carbonyl (C=O) groups excluding carboxylic acids is 1. The normalized spacial score (nSPS) is 27.4. The molecule has 6 nitrogen and oxygen atoms in total. The van der Waals surface area contributed by atoms with Gasteiger partial charge in [-0.05, 0) is 33.6 Å². The molecular weight excluding hydrogens is 294 g/mol. The van der Waals surface area contributed by atoms with Crippen LogP contribution in [0, 0.1) is 11.8 Å². The van der Waals surface area contributed by atoms with Crippen molar-refractivity contribution in [3.63, 3.8) is 0 Å². The number of carbonyl (C=O) groups is 1. The van der Waals surface area contributed by atoms with E-state index in [1.165, 1.54) is 6.42 Å². The van der Waals surface area contributed by atoms with E-state index in [-0.39, 0.29) is 12.2 Å². The summed E-state index contributed by atoms with van der Waals surface area (Å²) in [6.07, 6.45) is 8.15. The summed E-state index contributed by atoms with van der Waals surface area (Å²) in [6.45, 7) is 7.08. The van der Waals surface area contributed by atoms with Crippen LogP contribution in [0.1, 0.15) is 40.0 Å². The smallest absolute Gasteiger partial charge is 0.410 e. The summed E-state index contributed by atoms with van der Waals surface area (Å²) in [4.78, 5) is 22.5. The van der Waals surface area contributed by atoms with E-state index in [0.29, 0.717) is 30.8 Å². The van der Waals surface area contributed by atoms with E-state index in [0.717, 1.165) is 12.8 Å². The lowest BCUT2D eigenvalue weighted by Gasteiger charge is -2.46. The maximum atomic E-state index is 12.4. The molecule has 1 saturated heterocycles. The SMILES string of the molecule is CC(C)(C)OC(=O)N1C[C@H]2CCC[C@@H](C1)C2Oc1cnccn1. The minimum absolute atomic E-state index is 0.110. The quantitative estimate of drug-likeness (QED) is 0.838. The molecular formula is C17H25N3O3. The largest absolute Gasteiger partial charge is 0.473 e. The van der Waals surface area contributed by atoms with Crippen LogP contribution >= 0.6 is 0 Å². The minimum atomic E-state index is -0.459. The Labute approximate surface area is 137 Å². The van der Waals surface area contributed by atoms with Crippen molar-refractivity contribution in [1.29, 1.82) is 0 Å². The van der Waals surface area contributed by atoms with Gasteiger partial charge < -0.3 is 14.4 Å². The molecule has 1 amide bonds. The summed E-state index contributed by atoms with van der Waals surface area (Å²) >= 11 is 0. The lowest BCUT2D eigenvalue weighted by molar-refractivity contribution is -0.0465. The van der Waals surface area contributed by atoms with E-state index in [9.17, 15) is 4.79 Å². The van der Waals surface area contributed by atoms with Crippen LogP contribution in [0.4, 0.5) is 4.79 Å². The molecule has 1 aliphatic heterocycles. The summed E-state index contributed by atoms with van der Waals surface area (Å²) in [5.74, 6) is 1.23. The van der Waals surface area contributed by atoms with Gasteiger partial charge in [0.15, 0.2) is 0 Å². The number of amides is 1. The van der Waals surface area contributed by atoms with Gasteiger partial charge in [-0.1, -0.05) is 6.42 Å². The third kappa shape index (κ3) is 3.92. The maximum absolute atomic E-state index is 12.4. The first-order valence-corrected chi connectivity index (χ1v) is 8.33. The van der Waals surface area contributed by atoms with Gasteiger partial charge in [0.25, 0.3) is 0 Å². The number of likely N-dealkylation sites (tertiary alicyclic amines) is 1. The monoisotopic (exact) mass is 319 g/mol. The molecule has 126 valence electrons. The molecule has 1 saturated carbocycles. The van der Waals surface area contributed by atoms with Crippen molar-refractivity contribution < 1.29 is 14.3 Å². The first-order valence-electron chi connectivity index (χ1n) is 8.33. The number of rotatable bonds is 2. The molecule has 2 bridgehead atoms. The van der Waals surface area contributed by atoms with Crippen molar-refractivity contribution in [2.45, 2.75) is 51.7 Å². The summed E-state index contributed by atoms with van der Waals surface area (Å²) < 4.78 is 11.6. The van der Waals surface area contributed by atoms with E-state index in [1.807, 2.05) is 25.7 Å². The number of fused-ring (bicyclic) bond motifs is 2.